The molecule has 0 spiro atoms. The third-order valence-electron chi connectivity index (χ3n) is 2.06. The van der Waals surface area contributed by atoms with Crippen molar-refractivity contribution in [3.8, 4) is 0 Å². The fourth-order valence-electron chi connectivity index (χ4n) is 1.41. The van der Waals surface area contributed by atoms with Gasteiger partial charge < -0.3 is 4.57 Å². The predicted octanol–water partition coefficient (Wildman–Crippen LogP) is 1.88. The van der Waals surface area contributed by atoms with Crippen molar-refractivity contribution < 1.29 is 4.57 Å². The molecule has 0 fully saturated rings. The molecular weight excluding hydrogens is 195 g/mol. The van der Waals surface area contributed by atoms with Gasteiger partial charge in [-0.15, -0.1) is 0 Å². The van der Waals surface area contributed by atoms with Gasteiger partial charge in [0, 0.05) is 17.7 Å². The van der Waals surface area contributed by atoms with E-state index >= 15 is 0 Å². The first-order valence-corrected chi connectivity index (χ1v) is 6.94. The average Bonchev–Trinajstić information content (AvgIpc) is 2.15. The van der Waals surface area contributed by atoms with Crippen LogP contribution in [0.25, 0.3) is 11.0 Å². The lowest BCUT2D eigenvalue weighted by Gasteiger charge is -2.08. The van der Waals surface area contributed by atoms with E-state index in [9.17, 15) is 4.57 Å². The fourth-order valence-corrected chi connectivity index (χ4v) is 2.54. The molecule has 0 aliphatic rings. The molecule has 72 valence electrons. The van der Waals surface area contributed by atoms with Gasteiger partial charge in [0.1, 0.15) is 7.14 Å². The molecule has 0 aliphatic carbocycles. The van der Waals surface area contributed by atoms with Crippen LogP contribution in [-0.4, -0.2) is 23.3 Å². The molecule has 4 heteroatoms. The van der Waals surface area contributed by atoms with Gasteiger partial charge >= 0.3 is 0 Å². The van der Waals surface area contributed by atoms with E-state index in [-0.39, 0.29) is 0 Å². The molecule has 0 bridgehead atoms. The molecule has 14 heavy (non-hydrogen) atoms. The summed E-state index contributed by atoms with van der Waals surface area (Å²) in [5, 5.41) is 0.808. The van der Waals surface area contributed by atoms with Crippen LogP contribution in [0.1, 0.15) is 0 Å². The molecule has 0 saturated carbocycles. The van der Waals surface area contributed by atoms with Crippen LogP contribution in [0, 0.1) is 0 Å². The molecule has 3 nitrogen and oxygen atoms in total. The van der Waals surface area contributed by atoms with Crippen LogP contribution in [-0.2, 0) is 4.57 Å². The number of fused-ring (bicyclic) bond motifs is 1. The quantitative estimate of drug-likeness (QED) is 0.669. The minimum absolute atomic E-state index is 0.753. The topological polar surface area (TPSA) is 42.9 Å². The first-order valence-electron chi connectivity index (χ1n) is 4.34. The summed E-state index contributed by atoms with van der Waals surface area (Å²) >= 11 is 0. The van der Waals surface area contributed by atoms with Gasteiger partial charge in [0.2, 0.25) is 0 Å². The van der Waals surface area contributed by atoms with Crippen LogP contribution in [0.15, 0.2) is 30.6 Å². The number of nitrogens with zero attached hydrogens (tertiary/aromatic N) is 2. The second-order valence-electron chi connectivity index (χ2n) is 3.55. The molecule has 2 rings (SSSR count). The maximum atomic E-state index is 12.0. The molecule has 1 aromatic carbocycles. The van der Waals surface area contributed by atoms with E-state index in [0.717, 1.165) is 16.3 Å². The van der Waals surface area contributed by atoms with Crippen molar-refractivity contribution in [2.24, 2.45) is 0 Å². The number of rotatable bonds is 1. The lowest BCUT2D eigenvalue weighted by atomic mass is 10.3. The van der Waals surface area contributed by atoms with Crippen LogP contribution in [0.4, 0.5) is 0 Å². The number of benzene rings is 1. The van der Waals surface area contributed by atoms with Crippen LogP contribution < -0.4 is 5.30 Å². The van der Waals surface area contributed by atoms with Crippen molar-refractivity contribution in [2.45, 2.75) is 0 Å². The highest BCUT2D eigenvalue weighted by molar-refractivity contribution is 7.70. The molecule has 0 saturated heterocycles. The fraction of sp³-hybridized carbons (Fsp3) is 0.200. The highest BCUT2D eigenvalue weighted by Gasteiger charge is 2.15. The summed E-state index contributed by atoms with van der Waals surface area (Å²) in [5.41, 5.74) is 1.55. The van der Waals surface area contributed by atoms with Gasteiger partial charge in [-0.05, 0) is 25.5 Å². The number of hydrogen-bond acceptors (Lipinski definition) is 3. The van der Waals surface area contributed by atoms with E-state index in [2.05, 4.69) is 9.97 Å². The summed E-state index contributed by atoms with van der Waals surface area (Å²) in [6.07, 6.45) is 3.27. The van der Waals surface area contributed by atoms with Crippen molar-refractivity contribution in [1.29, 1.82) is 0 Å². The Labute approximate surface area is 82.6 Å². The maximum Gasteiger partial charge on any atom is 0.112 e. The Morgan fingerprint density at radius 1 is 1.14 bits per heavy atom. The molecule has 1 heterocycles. The Bertz CT molecular complexity index is 513. The minimum atomic E-state index is -2.27. The number of aromatic nitrogens is 2. The number of para-hydroxylation sites is 1. The molecule has 0 aliphatic heterocycles. The van der Waals surface area contributed by atoms with E-state index in [0.29, 0.717) is 0 Å². The zero-order chi connectivity index (χ0) is 10.2. The van der Waals surface area contributed by atoms with E-state index < -0.39 is 7.14 Å². The molecule has 0 amide bonds. The highest BCUT2D eigenvalue weighted by atomic mass is 31.2. The molecule has 0 atom stereocenters. The van der Waals surface area contributed by atoms with Gasteiger partial charge in [-0.2, -0.15) is 0 Å². The summed E-state index contributed by atoms with van der Waals surface area (Å²) < 4.78 is 12.0. The van der Waals surface area contributed by atoms with Gasteiger partial charge in [0.15, 0.2) is 0 Å². The molecule has 1 aromatic heterocycles. The summed E-state index contributed by atoms with van der Waals surface area (Å²) in [7, 11) is -2.27. The lowest BCUT2D eigenvalue weighted by molar-refractivity contribution is 0.588. The largest absolute Gasteiger partial charge is 0.319 e. The standard InChI is InChI=1S/C10H11N2OP/c1-14(2,13)9-5-3-4-8-10(9)12-7-6-11-8/h3-7H,1-2H3. The van der Waals surface area contributed by atoms with E-state index in [1.807, 2.05) is 18.2 Å². The third kappa shape index (κ3) is 1.55. The van der Waals surface area contributed by atoms with E-state index in [1.54, 1.807) is 25.7 Å². The van der Waals surface area contributed by atoms with Gasteiger partial charge in [-0.3, -0.25) is 9.97 Å². The number of hydrogen-bond donors (Lipinski definition) is 0. The highest BCUT2D eigenvalue weighted by Crippen LogP contribution is 2.36. The van der Waals surface area contributed by atoms with E-state index in [4.69, 9.17) is 0 Å². The summed E-state index contributed by atoms with van der Waals surface area (Å²) in [5.74, 6) is 0. The molecule has 0 N–H and O–H groups in total. The van der Waals surface area contributed by atoms with Crippen molar-refractivity contribution in [2.75, 3.05) is 13.3 Å². The third-order valence-corrected chi connectivity index (χ3v) is 3.58. The first kappa shape index (κ1) is 9.35. The van der Waals surface area contributed by atoms with Crippen molar-refractivity contribution in [3.63, 3.8) is 0 Å². The van der Waals surface area contributed by atoms with Gasteiger partial charge in [-0.25, -0.2) is 0 Å². The van der Waals surface area contributed by atoms with Crippen LogP contribution >= 0.6 is 7.14 Å². The monoisotopic (exact) mass is 206 g/mol. The maximum absolute atomic E-state index is 12.0. The van der Waals surface area contributed by atoms with Gasteiger partial charge in [-0.1, -0.05) is 6.07 Å². The summed E-state index contributed by atoms with van der Waals surface area (Å²) in [4.78, 5) is 8.38. The molecular formula is C10H11N2OP. The summed E-state index contributed by atoms with van der Waals surface area (Å²) in [6, 6.07) is 5.60. The molecule has 0 unspecified atom stereocenters. The SMILES string of the molecule is CP(C)(=O)c1cccc2nccnc12. The van der Waals surface area contributed by atoms with Gasteiger partial charge in [0.25, 0.3) is 0 Å². The smallest absolute Gasteiger partial charge is 0.112 e. The first-order chi connectivity index (χ1) is 6.59. The van der Waals surface area contributed by atoms with Gasteiger partial charge in [0.05, 0.1) is 11.0 Å². The van der Waals surface area contributed by atoms with Crippen molar-refractivity contribution in [1.82, 2.24) is 9.97 Å². The average molecular weight is 206 g/mol. The second-order valence-corrected chi connectivity index (χ2v) is 6.74. The zero-order valence-corrected chi connectivity index (χ0v) is 9.03. The Morgan fingerprint density at radius 2 is 1.86 bits per heavy atom. The molecule has 2 aromatic rings. The van der Waals surface area contributed by atoms with E-state index in [1.165, 1.54) is 0 Å². The van der Waals surface area contributed by atoms with Crippen LogP contribution in [0.3, 0.4) is 0 Å². The molecule has 0 radical (unpaired) electrons. The Morgan fingerprint density at radius 3 is 2.57 bits per heavy atom. The zero-order valence-electron chi connectivity index (χ0n) is 8.14. The Balaban J connectivity index is 2.85. The Kier molecular flexibility index (Phi) is 2.12. The van der Waals surface area contributed by atoms with Crippen LogP contribution in [0.5, 0.6) is 0 Å². The van der Waals surface area contributed by atoms with Crippen LogP contribution in [0.2, 0.25) is 0 Å². The normalized spacial score (nSPS) is 11.9. The van der Waals surface area contributed by atoms with Crippen molar-refractivity contribution >= 4 is 23.5 Å². The summed E-state index contributed by atoms with van der Waals surface area (Å²) in [6.45, 7) is 3.49. The lowest BCUT2D eigenvalue weighted by Crippen LogP contribution is -2.06. The Hall–Kier alpha value is -1.21. The van der Waals surface area contributed by atoms with Crippen molar-refractivity contribution in [3.05, 3.63) is 30.6 Å². The second kappa shape index (κ2) is 3.18. The minimum Gasteiger partial charge on any atom is -0.319 e. The predicted molar refractivity (Wildman–Crippen MR) is 58.6 cm³/mol.